The quantitative estimate of drug-likeness (QED) is 0.759. The Hall–Kier alpha value is -2.83. The van der Waals surface area contributed by atoms with E-state index in [-0.39, 0.29) is 12.4 Å². The SMILES string of the molecule is Fc1cc(C2=CCCCc3nc(NCC4(F)CC4)ncc32)cn2ccnc12. The number of hydrogen-bond acceptors (Lipinski definition) is 4. The molecule has 7 heteroatoms. The van der Waals surface area contributed by atoms with Crippen LogP contribution in [0.15, 0.2) is 36.9 Å². The standard InChI is InChI=1S/C20H19F2N5/c21-16-9-13(11-27-8-7-23-18(16)27)14-3-1-2-4-17-15(14)10-24-19(26-17)25-12-20(22)5-6-20/h3,7-11H,1-2,4-6,12H2,(H,24,25,26). The maximum Gasteiger partial charge on any atom is 0.222 e. The number of allylic oxidation sites excluding steroid dienone is 1. The average molecular weight is 367 g/mol. The van der Waals surface area contributed by atoms with Crippen molar-refractivity contribution in [3.63, 3.8) is 0 Å². The summed E-state index contributed by atoms with van der Waals surface area (Å²) in [6.45, 7) is 0.247. The first-order chi connectivity index (χ1) is 13.1. The van der Waals surface area contributed by atoms with E-state index in [2.05, 4.69) is 26.3 Å². The summed E-state index contributed by atoms with van der Waals surface area (Å²) in [5, 5.41) is 3.01. The smallest absolute Gasteiger partial charge is 0.222 e. The molecular weight excluding hydrogens is 348 g/mol. The summed E-state index contributed by atoms with van der Waals surface area (Å²) in [6, 6.07) is 1.51. The van der Waals surface area contributed by atoms with Crippen LogP contribution >= 0.6 is 0 Å². The van der Waals surface area contributed by atoms with Gasteiger partial charge in [0, 0.05) is 35.9 Å². The second-order valence-corrected chi connectivity index (χ2v) is 7.30. The predicted octanol–water partition coefficient (Wildman–Crippen LogP) is 3.95. The minimum Gasteiger partial charge on any atom is -0.351 e. The Balaban J connectivity index is 1.51. The third-order valence-corrected chi connectivity index (χ3v) is 5.23. The van der Waals surface area contributed by atoms with Crippen molar-refractivity contribution >= 4 is 17.2 Å². The highest BCUT2D eigenvalue weighted by atomic mass is 19.1. The molecule has 0 amide bonds. The normalized spacial score (nSPS) is 17.9. The molecule has 3 aromatic rings. The molecule has 1 fully saturated rings. The molecule has 2 aliphatic carbocycles. The second kappa shape index (κ2) is 6.11. The number of nitrogens with zero attached hydrogens (tertiary/aromatic N) is 4. The van der Waals surface area contributed by atoms with Gasteiger partial charge in [-0.2, -0.15) is 0 Å². The lowest BCUT2D eigenvalue weighted by atomic mass is 9.99. The average Bonchev–Trinajstić information content (AvgIpc) is 3.27. The van der Waals surface area contributed by atoms with Crippen molar-refractivity contribution in [2.75, 3.05) is 11.9 Å². The second-order valence-electron chi connectivity index (χ2n) is 7.30. The van der Waals surface area contributed by atoms with E-state index >= 15 is 0 Å². The molecule has 3 heterocycles. The van der Waals surface area contributed by atoms with Crippen LogP contribution < -0.4 is 5.32 Å². The molecule has 0 spiro atoms. The summed E-state index contributed by atoms with van der Waals surface area (Å²) in [5.41, 5.74) is 2.71. The highest BCUT2D eigenvalue weighted by Crippen LogP contribution is 2.39. The van der Waals surface area contributed by atoms with Gasteiger partial charge in [0.1, 0.15) is 5.67 Å². The minimum atomic E-state index is -1.10. The van der Waals surface area contributed by atoms with Crippen LogP contribution in [0.2, 0.25) is 0 Å². The molecule has 3 aromatic heterocycles. The Kier molecular flexibility index (Phi) is 3.70. The molecule has 0 aromatic carbocycles. The van der Waals surface area contributed by atoms with Gasteiger partial charge in [0.2, 0.25) is 5.95 Å². The highest BCUT2D eigenvalue weighted by Gasteiger charge is 2.43. The Labute approximate surface area is 155 Å². The fourth-order valence-electron chi connectivity index (χ4n) is 3.50. The zero-order valence-electron chi connectivity index (χ0n) is 14.8. The first-order valence-electron chi connectivity index (χ1n) is 9.23. The molecule has 138 valence electrons. The van der Waals surface area contributed by atoms with E-state index in [1.165, 1.54) is 6.07 Å². The van der Waals surface area contributed by atoms with Crippen LogP contribution in [0.1, 0.15) is 42.5 Å². The maximum atomic E-state index is 14.4. The van der Waals surface area contributed by atoms with E-state index in [4.69, 9.17) is 0 Å². The third-order valence-electron chi connectivity index (χ3n) is 5.23. The van der Waals surface area contributed by atoms with Gasteiger partial charge in [-0.15, -0.1) is 0 Å². The summed E-state index contributed by atoms with van der Waals surface area (Å²) >= 11 is 0. The van der Waals surface area contributed by atoms with E-state index < -0.39 is 5.67 Å². The van der Waals surface area contributed by atoms with Crippen LogP contribution in [0.3, 0.4) is 0 Å². The zero-order chi connectivity index (χ0) is 18.4. The first-order valence-corrected chi connectivity index (χ1v) is 9.23. The van der Waals surface area contributed by atoms with Crippen molar-refractivity contribution in [2.24, 2.45) is 0 Å². The Morgan fingerprint density at radius 3 is 3.00 bits per heavy atom. The molecule has 5 nitrogen and oxygen atoms in total. The summed E-state index contributed by atoms with van der Waals surface area (Å²) in [5.74, 6) is 0.0937. The molecule has 0 radical (unpaired) electrons. The third kappa shape index (κ3) is 3.07. The lowest BCUT2D eigenvalue weighted by molar-refractivity contribution is 0.326. The number of alkyl halides is 1. The van der Waals surface area contributed by atoms with E-state index in [1.54, 1.807) is 23.0 Å². The number of aryl methyl sites for hydroxylation is 1. The fraction of sp³-hybridized carbons (Fsp3) is 0.350. The number of halogens is 2. The fourth-order valence-corrected chi connectivity index (χ4v) is 3.50. The maximum absolute atomic E-state index is 14.4. The number of anilines is 1. The van der Waals surface area contributed by atoms with Gasteiger partial charge >= 0.3 is 0 Å². The zero-order valence-corrected chi connectivity index (χ0v) is 14.8. The van der Waals surface area contributed by atoms with Crippen molar-refractivity contribution in [3.05, 3.63) is 59.6 Å². The Morgan fingerprint density at radius 1 is 1.26 bits per heavy atom. The van der Waals surface area contributed by atoms with Gasteiger partial charge in [-0.1, -0.05) is 6.08 Å². The van der Waals surface area contributed by atoms with Gasteiger partial charge in [0.25, 0.3) is 0 Å². The number of imidazole rings is 1. The van der Waals surface area contributed by atoms with Gasteiger partial charge in [0.05, 0.1) is 12.2 Å². The van der Waals surface area contributed by atoms with Gasteiger partial charge in [0.15, 0.2) is 11.5 Å². The van der Waals surface area contributed by atoms with Crippen molar-refractivity contribution in [2.45, 2.75) is 37.8 Å². The van der Waals surface area contributed by atoms with E-state index in [1.807, 2.05) is 6.20 Å². The molecule has 0 atom stereocenters. The molecule has 2 aliphatic rings. The van der Waals surface area contributed by atoms with Crippen LogP contribution in [0, 0.1) is 5.82 Å². The molecule has 0 unspecified atom stereocenters. The molecular formula is C20H19F2N5. The predicted molar refractivity (Wildman–Crippen MR) is 98.8 cm³/mol. The van der Waals surface area contributed by atoms with E-state index in [9.17, 15) is 8.78 Å². The Morgan fingerprint density at radius 2 is 2.15 bits per heavy atom. The number of fused-ring (bicyclic) bond motifs is 2. The van der Waals surface area contributed by atoms with Crippen LogP contribution in [0.25, 0.3) is 11.2 Å². The van der Waals surface area contributed by atoms with E-state index in [0.29, 0.717) is 24.4 Å². The molecule has 5 rings (SSSR count). The molecule has 1 saturated carbocycles. The lowest BCUT2D eigenvalue weighted by Crippen LogP contribution is -2.18. The van der Waals surface area contributed by atoms with Gasteiger partial charge in [-0.05, 0) is 43.7 Å². The largest absolute Gasteiger partial charge is 0.351 e. The van der Waals surface area contributed by atoms with Gasteiger partial charge < -0.3 is 9.72 Å². The topological polar surface area (TPSA) is 55.1 Å². The number of nitrogens with one attached hydrogen (secondary N) is 1. The monoisotopic (exact) mass is 367 g/mol. The van der Waals surface area contributed by atoms with Crippen LogP contribution in [-0.4, -0.2) is 31.6 Å². The molecule has 27 heavy (non-hydrogen) atoms. The minimum absolute atomic E-state index is 0.247. The number of hydrogen-bond donors (Lipinski definition) is 1. The summed E-state index contributed by atoms with van der Waals surface area (Å²) < 4.78 is 29.9. The number of pyridine rings is 1. The van der Waals surface area contributed by atoms with Crippen LogP contribution in [-0.2, 0) is 6.42 Å². The van der Waals surface area contributed by atoms with Crippen LogP contribution in [0.5, 0.6) is 0 Å². The molecule has 0 saturated heterocycles. The van der Waals surface area contributed by atoms with Crippen molar-refractivity contribution in [1.82, 2.24) is 19.4 Å². The van der Waals surface area contributed by atoms with Crippen LogP contribution in [0.4, 0.5) is 14.7 Å². The van der Waals surface area contributed by atoms with Gasteiger partial charge in [-0.25, -0.2) is 23.7 Å². The number of aromatic nitrogens is 4. The highest BCUT2D eigenvalue weighted by molar-refractivity contribution is 5.81. The molecule has 1 N–H and O–H groups in total. The van der Waals surface area contributed by atoms with E-state index in [0.717, 1.165) is 41.7 Å². The Bertz CT molecular complexity index is 1050. The first kappa shape index (κ1) is 16.4. The summed E-state index contributed by atoms with van der Waals surface area (Å²) in [4.78, 5) is 13.0. The summed E-state index contributed by atoms with van der Waals surface area (Å²) in [7, 11) is 0. The molecule has 0 aliphatic heterocycles. The lowest BCUT2D eigenvalue weighted by Gasteiger charge is -2.13. The number of rotatable bonds is 4. The molecule has 0 bridgehead atoms. The van der Waals surface area contributed by atoms with Crippen molar-refractivity contribution in [1.29, 1.82) is 0 Å². The van der Waals surface area contributed by atoms with Crippen molar-refractivity contribution < 1.29 is 8.78 Å². The van der Waals surface area contributed by atoms with Crippen molar-refractivity contribution in [3.8, 4) is 0 Å². The summed E-state index contributed by atoms with van der Waals surface area (Å²) in [6.07, 6.45) is 12.9. The van der Waals surface area contributed by atoms with Gasteiger partial charge in [-0.3, -0.25) is 0 Å².